The summed E-state index contributed by atoms with van der Waals surface area (Å²) in [5, 5.41) is 16.2. The molecule has 1 atom stereocenters. The number of benzene rings is 2. The van der Waals surface area contributed by atoms with E-state index < -0.39 is 5.60 Å². The average molecular weight is 524 g/mol. The maximum Gasteiger partial charge on any atom is 0.254 e. The number of amides is 2. The van der Waals surface area contributed by atoms with E-state index in [1.54, 1.807) is 27.0 Å². The number of nitrogens with one attached hydrogen (secondary N) is 2. The molecule has 1 aliphatic heterocycles. The fourth-order valence-electron chi connectivity index (χ4n) is 4.04. The summed E-state index contributed by atoms with van der Waals surface area (Å²) in [4.78, 5) is 36.0. The Morgan fingerprint density at radius 1 is 1.27 bits per heavy atom. The number of rotatable bonds is 9. The summed E-state index contributed by atoms with van der Waals surface area (Å²) in [6.45, 7) is 5.77. The first-order valence-corrected chi connectivity index (χ1v) is 12.3. The molecular formula is C27H30ClN5O4. The van der Waals surface area contributed by atoms with Crippen LogP contribution < -0.4 is 15.4 Å². The van der Waals surface area contributed by atoms with Crippen LogP contribution in [0.5, 0.6) is 5.75 Å². The Bertz CT molecular complexity index is 1320. The van der Waals surface area contributed by atoms with Gasteiger partial charge < -0.3 is 25.4 Å². The van der Waals surface area contributed by atoms with Crippen LogP contribution in [0.15, 0.2) is 48.7 Å². The largest absolute Gasteiger partial charge is 0.497 e. The average Bonchev–Trinajstić information content (AvgIpc) is 3.17. The number of carbonyl (C=O) groups excluding carboxylic acids is 2. The number of fused-ring (bicyclic) bond motifs is 1. The summed E-state index contributed by atoms with van der Waals surface area (Å²) in [6.07, 6.45) is 1.48. The molecule has 2 amide bonds. The van der Waals surface area contributed by atoms with Crippen LogP contribution in [0.3, 0.4) is 0 Å². The van der Waals surface area contributed by atoms with E-state index in [0.29, 0.717) is 40.1 Å². The Morgan fingerprint density at radius 3 is 2.78 bits per heavy atom. The topological polar surface area (TPSA) is 117 Å². The minimum Gasteiger partial charge on any atom is -0.497 e. The molecule has 2 heterocycles. The molecule has 10 heteroatoms. The van der Waals surface area contributed by atoms with E-state index in [1.807, 2.05) is 43.3 Å². The van der Waals surface area contributed by atoms with Crippen molar-refractivity contribution in [1.29, 1.82) is 0 Å². The number of nitrogens with zero attached hydrogens (tertiary/aromatic N) is 3. The third kappa shape index (κ3) is 6.36. The van der Waals surface area contributed by atoms with Gasteiger partial charge in [0, 0.05) is 24.2 Å². The fourth-order valence-corrected chi connectivity index (χ4v) is 4.24. The van der Waals surface area contributed by atoms with Crippen LogP contribution in [-0.2, 0) is 11.3 Å². The van der Waals surface area contributed by atoms with Gasteiger partial charge >= 0.3 is 0 Å². The number of halogens is 1. The zero-order valence-electron chi connectivity index (χ0n) is 21.2. The van der Waals surface area contributed by atoms with E-state index in [4.69, 9.17) is 16.3 Å². The summed E-state index contributed by atoms with van der Waals surface area (Å²) >= 11 is 6.37. The van der Waals surface area contributed by atoms with E-state index >= 15 is 0 Å². The van der Waals surface area contributed by atoms with Gasteiger partial charge in [-0.2, -0.15) is 0 Å². The molecule has 194 valence electrons. The van der Waals surface area contributed by atoms with Gasteiger partial charge in [0.15, 0.2) is 0 Å². The maximum atomic E-state index is 13.1. The third-order valence-corrected chi connectivity index (χ3v) is 6.27. The molecular weight excluding hydrogens is 494 g/mol. The Balaban J connectivity index is 1.45. The molecule has 0 aliphatic carbocycles. The van der Waals surface area contributed by atoms with Crippen LogP contribution in [0.25, 0.3) is 11.3 Å². The second-order valence-electron chi connectivity index (χ2n) is 9.66. The number of aliphatic hydroxyl groups is 1. The van der Waals surface area contributed by atoms with Gasteiger partial charge in [-0.25, -0.2) is 9.97 Å². The quantitative estimate of drug-likeness (QED) is 0.390. The van der Waals surface area contributed by atoms with E-state index in [-0.39, 0.29) is 30.9 Å². The normalized spacial score (nSPS) is 13.8. The number of anilines is 1. The molecule has 0 saturated carbocycles. The van der Waals surface area contributed by atoms with Crippen LogP contribution in [0, 0.1) is 0 Å². The van der Waals surface area contributed by atoms with Crippen LogP contribution in [0.2, 0.25) is 5.02 Å². The van der Waals surface area contributed by atoms with Gasteiger partial charge in [0.05, 0.1) is 35.7 Å². The van der Waals surface area contributed by atoms with Crippen molar-refractivity contribution in [2.75, 3.05) is 25.5 Å². The first-order chi connectivity index (χ1) is 17.5. The zero-order valence-corrected chi connectivity index (χ0v) is 22.0. The molecule has 0 fully saturated rings. The maximum absolute atomic E-state index is 13.1. The Labute approximate surface area is 220 Å². The van der Waals surface area contributed by atoms with Gasteiger partial charge in [0.25, 0.3) is 5.91 Å². The molecule has 3 aromatic rings. The van der Waals surface area contributed by atoms with E-state index in [1.165, 1.54) is 11.1 Å². The van der Waals surface area contributed by atoms with Gasteiger partial charge in [-0.1, -0.05) is 35.9 Å². The molecule has 0 radical (unpaired) electrons. The number of hydrogen-bond acceptors (Lipinski definition) is 7. The van der Waals surface area contributed by atoms with Crippen molar-refractivity contribution in [1.82, 2.24) is 20.2 Å². The third-order valence-electron chi connectivity index (χ3n) is 5.99. The van der Waals surface area contributed by atoms with Crippen molar-refractivity contribution in [3.8, 4) is 17.0 Å². The van der Waals surface area contributed by atoms with E-state index in [9.17, 15) is 14.7 Å². The minimum absolute atomic E-state index is 0.0591. The minimum atomic E-state index is -0.940. The van der Waals surface area contributed by atoms with Crippen molar-refractivity contribution in [3.63, 3.8) is 0 Å². The lowest BCUT2D eigenvalue weighted by Gasteiger charge is -2.19. The predicted molar refractivity (Wildman–Crippen MR) is 142 cm³/mol. The zero-order chi connectivity index (χ0) is 26.7. The van der Waals surface area contributed by atoms with Crippen molar-refractivity contribution in [3.05, 3.63) is 70.4 Å². The van der Waals surface area contributed by atoms with Gasteiger partial charge in [0.1, 0.15) is 12.3 Å². The summed E-state index contributed by atoms with van der Waals surface area (Å²) in [7, 11) is 1.59. The molecule has 0 saturated heterocycles. The smallest absolute Gasteiger partial charge is 0.254 e. The molecule has 0 bridgehead atoms. The number of methoxy groups -OCH3 is 1. The highest BCUT2D eigenvalue weighted by atomic mass is 35.5. The summed E-state index contributed by atoms with van der Waals surface area (Å²) in [5.74, 6) is 0.546. The van der Waals surface area contributed by atoms with E-state index in [0.717, 1.165) is 11.1 Å². The van der Waals surface area contributed by atoms with Gasteiger partial charge in [0.2, 0.25) is 11.9 Å². The number of aromatic nitrogens is 2. The van der Waals surface area contributed by atoms with Crippen LogP contribution >= 0.6 is 11.6 Å². The molecule has 37 heavy (non-hydrogen) atoms. The van der Waals surface area contributed by atoms with Crippen LogP contribution in [-0.4, -0.2) is 57.6 Å². The lowest BCUT2D eigenvalue weighted by atomic mass is 10.0. The SMILES string of the molecule is COc1cccc(C(C)NC(=O)CN2Cc3ccc(-c4nc(NCC(C)(C)O)ncc4Cl)cc3C2=O)c1. The summed E-state index contributed by atoms with van der Waals surface area (Å²) in [6, 6.07) is 12.7. The highest BCUT2D eigenvalue weighted by Gasteiger charge is 2.30. The van der Waals surface area contributed by atoms with Crippen molar-refractivity contribution in [2.24, 2.45) is 0 Å². The standard InChI is InChI=1S/C27H30ClN5O4/c1-16(17-6-5-7-20(10-17)37-4)31-23(34)14-33-13-19-9-8-18(11-21(19)25(33)35)24-22(28)12-29-26(32-24)30-15-27(2,3)36/h5-12,16,36H,13-15H2,1-4H3,(H,31,34)(H,29,30,32). The van der Waals surface area contributed by atoms with Crippen molar-refractivity contribution < 1.29 is 19.4 Å². The predicted octanol–water partition coefficient (Wildman–Crippen LogP) is 3.82. The molecule has 3 N–H and O–H groups in total. The Morgan fingerprint density at radius 2 is 2.05 bits per heavy atom. The van der Waals surface area contributed by atoms with Crippen LogP contribution in [0.4, 0.5) is 5.95 Å². The molecule has 4 rings (SSSR count). The Kier molecular flexibility index (Phi) is 7.65. The van der Waals surface area contributed by atoms with E-state index in [2.05, 4.69) is 20.6 Å². The second-order valence-corrected chi connectivity index (χ2v) is 10.1. The van der Waals surface area contributed by atoms with Gasteiger partial charge in [-0.15, -0.1) is 0 Å². The Hall–Kier alpha value is -3.69. The molecule has 2 aromatic carbocycles. The molecule has 1 aliphatic rings. The highest BCUT2D eigenvalue weighted by molar-refractivity contribution is 6.33. The highest BCUT2D eigenvalue weighted by Crippen LogP contribution is 2.31. The molecule has 0 spiro atoms. The van der Waals surface area contributed by atoms with Gasteiger partial charge in [-0.05, 0) is 50.1 Å². The monoisotopic (exact) mass is 523 g/mol. The number of carbonyl (C=O) groups is 2. The summed E-state index contributed by atoms with van der Waals surface area (Å²) in [5.41, 5.74) is 2.42. The first-order valence-electron chi connectivity index (χ1n) is 11.9. The summed E-state index contributed by atoms with van der Waals surface area (Å²) < 4.78 is 5.25. The lowest BCUT2D eigenvalue weighted by Crippen LogP contribution is -2.38. The fraction of sp³-hybridized carbons (Fsp3) is 0.333. The van der Waals surface area contributed by atoms with Crippen LogP contribution in [0.1, 0.15) is 48.3 Å². The number of ether oxygens (including phenoxy) is 1. The lowest BCUT2D eigenvalue weighted by molar-refractivity contribution is -0.122. The second kappa shape index (κ2) is 10.7. The molecule has 1 aromatic heterocycles. The number of hydrogen-bond donors (Lipinski definition) is 3. The molecule has 9 nitrogen and oxygen atoms in total. The molecule has 1 unspecified atom stereocenters. The van der Waals surface area contributed by atoms with Crippen molar-refractivity contribution >= 4 is 29.4 Å². The van der Waals surface area contributed by atoms with Crippen molar-refractivity contribution in [2.45, 2.75) is 39.0 Å². The van der Waals surface area contributed by atoms with Gasteiger partial charge in [-0.3, -0.25) is 9.59 Å². The first kappa shape index (κ1) is 26.4.